The maximum atomic E-state index is 11.9. The van der Waals surface area contributed by atoms with Gasteiger partial charge in [0.25, 0.3) is 5.91 Å². The number of aryl methyl sites for hydroxylation is 1. The van der Waals surface area contributed by atoms with Gasteiger partial charge >= 0.3 is 0 Å². The molecule has 21 heavy (non-hydrogen) atoms. The summed E-state index contributed by atoms with van der Waals surface area (Å²) in [6.07, 6.45) is 1.68. The third-order valence-corrected chi connectivity index (χ3v) is 4.84. The third kappa shape index (κ3) is 3.54. The zero-order chi connectivity index (χ0) is 14.7. The summed E-state index contributed by atoms with van der Waals surface area (Å²) in [5.41, 5.74) is 0.917. The second kappa shape index (κ2) is 6.45. The third-order valence-electron chi connectivity index (χ3n) is 3.15. The summed E-state index contributed by atoms with van der Waals surface area (Å²) in [6, 6.07) is 11.9. The minimum atomic E-state index is -0.0182. The van der Waals surface area contributed by atoms with Crippen LogP contribution in [0.15, 0.2) is 50.7 Å². The van der Waals surface area contributed by atoms with E-state index >= 15 is 0 Å². The SMILES string of the molecule is O=C(NCCCc1cc2ccccc2o1)c1cc(Br)cs1. The zero-order valence-corrected chi connectivity index (χ0v) is 13.7. The number of thiophene rings is 1. The van der Waals surface area contributed by atoms with Crippen LogP contribution in [-0.4, -0.2) is 12.5 Å². The largest absolute Gasteiger partial charge is 0.461 e. The van der Waals surface area contributed by atoms with Gasteiger partial charge in [-0.15, -0.1) is 11.3 Å². The van der Waals surface area contributed by atoms with Crippen molar-refractivity contribution in [1.82, 2.24) is 5.32 Å². The smallest absolute Gasteiger partial charge is 0.261 e. The van der Waals surface area contributed by atoms with Gasteiger partial charge in [0.15, 0.2) is 0 Å². The first-order chi connectivity index (χ1) is 10.2. The lowest BCUT2D eigenvalue weighted by Crippen LogP contribution is -2.23. The van der Waals surface area contributed by atoms with Gasteiger partial charge in [-0.25, -0.2) is 0 Å². The molecular weight excluding hydrogens is 350 g/mol. The number of carbonyl (C=O) groups is 1. The van der Waals surface area contributed by atoms with Crippen LogP contribution in [0.3, 0.4) is 0 Å². The van der Waals surface area contributed by atoms with Crippen molar-refractivity contribution in [1.29, 1.82) is 0 Å². The molecule has 0 saturated heterocycles. The first-order valence-corrected chi connectivity index (χ1v) is 8.39. The Labute approximate surface area is 135 Å². The standard InChI is InChI=1S/C16H14BrNO2S/c17-12-9-15(21-10-12)16(19)18-7-3-5-13-8-11-4-1-2-6-14(11)20-13/h1-2,4,6,8-10H,3,5,7H2,(H,18,19). The Morgan fingerprint density at radius 3 is 2.90 bits per heavy atom. The van der Waals surface area contributed by atoms with E-state index < -0.39 is 0 Å². The fraction of sp³-hybridized carbons (Fsp3) is 0.188. The number of carbonyl (C=O) groups excluding carboxylic acids is 1. The monoisotopic (exact) mass is 363 g/mol. The molecule has 0 aliphatic carbocycles. The Hall–Kier alpha value is -1.59. The van der Waals surface area contributed by atoms with Crippen LogP contribution in [0.1, 0.15) is 21.9 Å². The summed E-state index contributed by atoms with van der Waals surface area (Å²) in [4.78, 5) is 12.6. The predicted octanol–water partition coefficient (Wildman–Crippen LogP) is 4.62. The highest BCUT2D eigenvalue weighted by Crippen LogP contribution is 2.20. The Morgan fingerprint density at radius 2 is 2.14 bits per heavy atom. The lowest BCUT2D eigenvalue weighted by molar-refractivity contribution is 0.0957. The van der Waals surface area contributed by atoms with Crippen molar-refractivity contribution < 1.29 is 9.21 Å². The van der Waals surface area contributed by atoms with Crippen LogP contribution in [0.2, 0.25) is 0 Å². The maximum absolute atomic E-state index is 11.9. The molecule has 1 N–H and O–H groups in total. The molecule has 0 unspecified atom stereocenters. The predicted molar refractivity (Wildman–Crippen MR) is 88.9 cm³/mol. The van der Waals surface area contributed by atoms with Crippen molar-refractivity contribution in [3.8, 4) is 0 Å². The number of rotatable bonds is 5. The molecule has 3 aromatic rings. The summed E-state index contributed by atoms with van der Waals surface area (Å²) in [5.74, 6) is 0.944. The molecule has 0 bridgehead atoms. The number of furan rings is 1. The van der Waals surface area contributed by atoms with Gasteiger partial charge in [-0.2, -0.15) is 0 Å². The first-order valence-electron chi connectivity index (χ1n) is 6.72. The Kier molecular flexibility index (Phi) is 4.41. The molecule has 0 saturated carbocycles. The zero-order valence-electron chi connectivity index (χ0n) is 11.3. The molecule has 2 heterocycles. The van der Waals surface area contributed by atoms with Gasteiger partial charge in [0.1, 0.15) is 11.3 Å². The van der Waals surface area contributed by atoms with Crippen molar-refractivity contribution in [2.24, 2.45) is 0 Å². The van der Waals surface area contributed by atoms with Crippen LogP contribution in [0.5, 0.6) is 0 Å². The lowest BCUT2D eigenvalue weighted by atomic mass is 10.2. The number of fused-ring (bicyclic) bond motifs is 1. The minimum Gasteiger partial charge on any atom is -0.461 e. The van der Waals surface area contributed by atoms with Gasteiger partial charge in [0, 0.05) is 28.2 Å². The topological polar surface area (TPSA) is 42.2 Å². The van der Waals surface area contributed by atoms with Crippen LogP contribution in [0.25, 0.3) is 11.0 Å². The fourth-order valence-corrected chi connectivity index (χ4v) is 3.49. The quantitative estimate of drug-likeness (QED) is 0.672. The number of hydrogen-bond acceptors (Lipinski definition) is 3. The van der Waals surface area contributed by atoms with E-state index in [-0.39, 0.29) is 5.91 Å². The normalized spacial score (nSPS) is 10.9. The minimum absolute atomic E-state index is 0.0182. The fourth-order valence-electron chi connectivity index (χ4n) is 2.14. The van der Waals surface area contributed by atoms with Crippen molar-refractivity contribution in [3.05, 3.63) is 56.9 Å². The molecule has 0 spiro atoms. The average molecular weight is 364 g/mol. The number of nitrogens with one attached hydrogen (secondary N) is 1. The first kappa shape index (κ1) is 14.4. The van der Waals surface area contributed by atoms with Gasteiger partial charge in [-0.1, -0.05) is 18.2 Å². The molecule has 1 aromatic carbocycles. The van der Waals surface area contributed by atoms with Crippen molar-refractivity contribution in [2.45, 2.75) is 12.8 Å². The van der Waals surface area contributed by atoms with Crippen molar-refractivity contribution >= 4 is 44.1 Å². The van der Waals surface area contributed by atoms with E-state index in [4.69, 9.17) is 4.42 Å². The van der Waals surface area contributed by atoms with Crippen LogP contribution in [0.4, 0.5) is 0 Å². The number of hydrogen-bond donors (Lipinski definition) is 1. The molecule has 3 rings (SSSR count). The molecule has 0 radical (unpaired) electrons. The second-order valence-corrected chi connectivity index (χ2v) is 6.57. The van der Waals surface area contributed by atoms with Crippen LogP contribution in [-0.2, 0) is 6.42 Å². The van der Waals surface area contributed by atoms with Gasteiger partial charge in [-0.05, 0) is 40.5 Å². The maximum Gasteiger partial charge on any atom is 0.261 e. The average Bonchev–Trinajstić information content (AvgIpc) is 3.09. The van der Waals surface area contributed by atoms with Gasteiger partial charge in [0.2, 0.25) is 0 Å². The Bertz CT molecular complexity index is 729. The van der Waals surface area contributed by atoms with Gasteiger partial charge < -0.3 is 9.73 Å². The van der Waals surface area contributed by atoms with Gasteiger partial charge in [0.05, 0.1) is 4.88 Å². The van der Waals surface area contributed by atoms with E-state index in [0.717, 1.165) is 38.9 Å². The lowest BCUT2D eigenvalue weighted by Gasteiger charge is -2.02. The molecule has 0 aliphatic heterocycles. The van der Waals surface area contributed by atoms with E-state index in [1.807, 2.05) is 35.7 Å². The summed E-state index contributed by atoms with van der Waals surface area (Å²) >= 11 is 4.79. The second-order valence-electron chi connectivity index (χ2n) is 4.74. The summed E-state index contributed by atoms with van der Waals surface area (Å²) in [6.45, 7) is 0.644. The highest BCUT2D eigenvalue weighted by atomic mass is 79.9. The highest BCUT2D eigenvalue weighted by molar-refractivity contribution is 9.10. The van der Waals surface area contributed by atoms with Crippen LogP contribution >= 0.6 is 27.3 Å². The van der Waals surface area contributed by atoms with Crippen molar-refractivity contribution in [2.75, 3.05) is 6.54 Å². The molecule has 0 fully saturated rings. The van der Waals surface area contributed by atoms with Crippen LogP contribution in [0, 0.1) is 0 Å². The molecule has 0 aliphatic rings. The van der Waals surface area contributed by atoms with E-state index in [2.05, 4.69) is 27.3 Å². The molecular formula is C16H14BrNO2S. The molecule has 5 heteroatoms. The van der Waals surface area contributed by atoms with E-state index in [0.29, 0.717) is 6.54 Å². The number of amides is 1. The summed E-state index contributed by atoms with van der Waals surface area (Å²) in [5, 5.41) is 5.96. The number of para-hydroxylation sites is 1. The molecule has 2 aromatic heterocycles. The Morgan fingerprint density at radius 1 is 1.29 bits per heavy atom. The molecule has 0 atom stereocenters. The molecule has 1 amide bonds. The van der Waals surface area contributed by atoms with Crippen molar-refractivity contribution in [3.63, 3.8) is 0 Å². The van der Waals surface area contributed by atoms with Gasteiger partial charge in [-0.3, -0.25) is 4.79 Å². The molecule has 3 nitrogen and oxygen atoms in total. The Balaban J connectivity index is 1.49. The number of benzene rings is 1. The highest BCUT2D eigenvalue weighted by Gasteiger charge is 2.08. The van der Waals surface area contributed by atoms with E-state index in [1.54, 1.807) is 0 Å². The van der Waals surface area contributed by atoms with E-state index in [9.17, 15) is 4.79 Å². The molecule has 108 valence electrons. The van der Waals surface area contributed by atoms with E-state index in [1.165, 1.54) is 11.3 Å². The number of halogens is 1. The van der Waals surface area contributed by atoms with Crippen LogP contribution < -0.4 is 5.32 Å². The summed E-state index contributed by atoms with van der Waals surface area (Å²) < 4.78 is 6.69. The summed E-state index contributed by atoms with van der Waals surface area (Å²) in [7, 11) is 0.